The van der Waals surface area contributed by atoms with Crippen molar-refractivity contribution in [3.05, 3.63) is 42.4 Å². The van der Waals surface area contributed by atoms with Crippen molar-refractivity contribution in [2.75, 3.05) is 33.0 Å². The molecule has 2 aromatic heterocycles. The van der Waals surface area contributed by atoms with Crippen LogP contribution in [0.15, 0.2) is 36.8 Å². The zero-order chi connectivity index (χ0) is 23.2. The monoisotopic (exact) mass is 448 g/mol. The van der Waals surface area contributed by atoms with E-state index in [-0.39, 0.29) is 6.04 Å². The molecule has 33 heavy (non-hydrogen) atoms. The zero-order valence-corrected chi connectivity index (χ0v) is 18.8. The summed E-state index contributed by atoms with van der Waals surface area (Å²) in [5, 5.41) is 9.05. The molecule has 0 radical (unpaired) electrons. The Morgan fingerprint density at radius 3 is 2.73 bits per heavy atom. The van der Waals surface area contributed by atoms with Crippen LogP contribution in [-0.2, 0) is 10.3 Å². The second-order valence-corrected chi connectivity index (χ2v) is 8.54. The molecule has 2 aliphatic rings. The molecular weight excluding hydrogens is 420 g/mol. The number of ether oxygens (including phenoxy) is 1. The molecule has 0 bridgehead atoms. The molecule has 10 nitrogen and oxygen atoms in total. The summed E-state index contributed by atoms with van der Waals surface area (Å²) in [5.41, 5.74) is 14.0. The van der Waals surface area contributed by atoms with E-state index in [1.807, 2.05) is 47.1 Å². The van der Waals surface area contributed by atoms with Crippen molar-refractivity contribution in [2.24, 2.45) is 5.73 Å². The van der Waals surface area contributed by atoms with Crippen molar-refractivity contribution >= 4 is 22.8 Å². The maximum Gasteiger partial charge on any atom is 0.248 e. The summed E-state index contributed by atoms with van der Waals surface area (Å²) >= 11 is 0. The Bertz CT molecular complexity index is 1250. The number of hydrogen-bond donors (Lipinski definition) is 3. The lowest BCUT2D eigenvalue weighted by atomic mass is 9.84. The van der Waals surface area contributed by atoms with E-state index in [0.717, 1.165) is 31.5 Å². The minimum absolute atomic E-state index is 0.202. The molecule has 1 amide bonds. The van der Waals surface area contributed by atoms with E-state index in [1.54, 1.807) is 7.11 Å². The number of amides is 1. The number of nitrogens with zero attached hydrogens (tertiary/aromatic N) is 5. The number of aromatic nitrogens is 4. The van der Waals surface area contributed by atoms with E-state index in [4.69, 9.17) is 21.3 Å². The number of nitrogens with one attached hydrogen (secondary N) is 1. The summed E-state index contributed by atoms with van der Waals surface area (Å²) in [6, 6.07) is 5.88. The van der Waals surface area contributed by atoms with Gasteiger partial charge in [0.25, 0.3) is 0 Å². The van der Waals surface area contributed by atoms with Crippen LogP contribution in [0.3, 0.4) is 0 Å². The Morgan fingerprint density at radius 2 is 2.06 bits per heavy atom. The molecule has 1 atom stereocenters. The Balaban J connectivity index is 1.75. The number of anilines is 1. The van der Waals surface area contributed by atoms with Crippen LogP contribution < -0.4 is 21.5 Å². The Labute approximate surface area is 191 Å². The number of piperidine rings is 1. The molecular formula is C23H28N8O2. The topological polar surface area (TPSA) is 137 Å². The molecule has 10 heteroatoms. The van der Waals surface area contributed by atoms with Crippen molar-refractivity contribution in [1.82, 2.24) is 30.0 Å². The lowest BCUT2D eigenvalue weighted by Gasteiger charge is -2.36. The predicted octanol–water partition coefficient (Wildman–Crippen LogP) is 1.54. The maximum atomic E-state index is 12.7. The number of rotatable bonds is 5. The van der Waals surface area contributed by atoms with Crippen LogP contribution in [0.2, 0.25) is 0 Å². The standard InChI is InChI=1S/C23H28N8O2/c1-30-12-4-9-23(30,22(25)32)16-6-3-5-15(19(16)33-2)18-17-20(24)27-13-28-21(17)31(29-18)14-7-10-26-11-8-14/h3-6,12-14,26H,7-11H2,1-2H3,(H2,25,32)(H2,24,27,28). The van der Waals surface area contributed by atoms with Crippen LogP contribution >= 0.6 is 0 Å². The van der Waals surface area contributed by atoms with Crippen molar-refractivity contribution in [2.45, 2.75) is 30.8 Å². The average molecular weight is 449 g/mol. The smallest absolute Gasteiger partial charge is 0.248 e. The third-order valence-electron chi connectivity index (χ3n) is 6.84. The molecule has 5 N–H and O–H groups in total. The fraction of sp³-hybridized carbons (Fsp3) is 0.391. The van der Waals surface area contributed by atoms with Crippen LogP contribution in [0.25, 0.3) is 22.3 Å². The molecule has 5 rings (SSSR count). The third-order valence-corrected chi connectivity index (χ3v) is 6.84. The molecule has 1 fully saturated rings. The summed E-state index contributed by atoms with van der Waals surface area (Å²) in [6.45, 7) is 1.84. The van der Waals surface area contributed by atoms with E-state index >= 15 is 0 Å². The number of likely N-dealkylation sites (N-methyl/N-ethyl adjacent to an activating group) is 1. The van der Waals surface area contributed by atoms with E-state index in [9.17, 15) is 4.79 Å². The number of benzene rings is 1. The highest BCUT2D eigenvalue weighted by atomic mass is 16.5. The first-order chi connectivity index (χ1) is 16.0. The van der Waals surface area contributed by atoms with E-state index in [1.165, 1.54) is 6.33 Å². The highest BCUT2D eigenvalue weighted by molar-refractivity contribution is 6.00. The van der Waals surface area contributed by atoms with Crippen molar-refractivity contribution < 1.29 is 9.53 Å². The fourth-order valence-corrected chi connectivity index (χ4v) is 5.12. The first-order valence-electron chi connectivity index (χ1n) is 11.1. The molecule has 172 valence electrons. The summed E-state index contributed by atoms with van der Waals surface area (Å²) < 4.78 is 7.87. The van der Waals surface area contributed by atoms with E-state index in [2.05, 4.69) is 15.3 Å². The number of primary amides is 1. The first-order valence-corrected chi connectivity index (χ1v) is 11.1. The van der Waals surface area contributed by atoms with Gasteiger partial charge in [0.05, 0.1) is 18.5 Å². The van der Waals surface area contributed by atoms with Gasteiger partial charge in [-0.1, -0.05) is 18.2 Å². The normalized spacial score (nSPS) is 21.1. The highest BCUT2D eigenvalue weighted by Gasteiger charge is 2.46. The van der Waals surface area contributed by atoms with Gasteiger partial charge < -0.3 is 26.4 Å². The Hall–Kier alpha value is -3.66. The number of carbonyl (C=O) groups is 1. The van der Waals surface area contributed by atoms with Gasteiger partial charge in [-0.05, 0) is 38.2 Å². The van der Waals surface area contributed by atoms with Crippen LogP contribution in [0, 0.1) is 0 Å². The minimum Gasteiger partial charge on any atom is -0.496 e. The van der Waals surface area contributed by atoms with Gasteiger partial charge in [-0.15, -0.1) is 0 Å². The fourth-order valence-electron chi connectivity index (χ4n) is 5.12. The molecule has 1 unspecified atom stereocenters. The molecule has 0 spiro atoms. The molecule has 1 aromatic carbocycles. The summed E-state index contributed by atoms with van der Waals surface area (Å²) in [6.07, 6.45) is 7.61. The molecule has 0 aliphatic carbocycles. The van der Waals surface area contributed by atoms with Crippen LogP contribution in [-0.4, -0.2) is 57.8 Å². The number of para-hydroxylation sites is 1. The van der Waals surface area contributed by atoms with Gasteiger partial charge in [-0.25, -0.2) is 14.6 Å². The second-order valence-electron chi connectivity index (χ2n) is 8.54. The number of carbonyl (C=O) groups excluding carboxylic acids is 1. The van der Waals surface area contributed by atoms with Gasteiger partial charge in [0.15, 0.2) is 11.2 Å². The quantitative estimate of drug-likeness (QED) is 0.534. The summed E-state index contributed by atoms with van der Waals surface area (Å²) in [5.74, 6) is 0.442. The first kappa shape index (κ1) is 21.2. The minimum atomic E-state index is -1.04. The summed E-state index contributed by atoms with van der Waals surface area (Å²) in [7, 11) is 3.43. The third kappa shape index (κ3) is 3.12. The molecule has 2 aliphatic heterocycles. The van der Waals surface area contributed by atoms with Crippen molar-refractivity contribution in [1.29, 1.82) is 0 Å². The SMILES string of the molecule is COc1c(-c2nn(C3CCNCC3)c3ncnc(N)c23)cccc1C1(C(N)=O)CC=CN1C. The second kappa shape index (κ2) is 8.04. The van der Waals surface area contributed by atoms with E-state index in [0.29, 0.717) is 40.3 Å². The number of methoxy groups -OCH3 is 1. The molecule has 3 aromatic rings. The van der Waals surface area contributed by atoms with Gasteiger partial charge in [0.1, 0.15) is 23.6 Å². The number of hydrogen-bond acceptors (Lipinski definition) is 8. The van der Waals surface area contributed by atoms with Crippen molar-refractivity contribution in [3.8, 4) is 17.0 Å². The largest absolute Gasteiger partial charge is 0.496 e. The lowest BCUT2D eigenvalue weighted by Crippen LogP contribution is -2.49. The number of nitrogens with two attached hydrogens (primary N) is 2. The van der Waals surface area contributed by atoms with Gasteiger partial charge >= 0.3 is 0 Å². The van der Waals surface area contributed by atoms with E-state index < -0.39 is 11.4 Å². The number of fused-ring (bicyclic) bond motifs is 1. The maximum absolute atomic E-state index is 12.7. The average Bonchev–Trinajstić information content (AvgIpc) is 3.41. The van der Waals surface area contributed by atoms with Crippen LogP contribution in [0.4, 0.5) is 5.82 Å². The summed E-state index contributed by atoms with van der Waals surface area (Å²) in [4.78, 5) is 23.3. The van der Waals surface area contributed by atoms with Gasteiger partial charge in [0.2, 0.25) is 5.91 Å². The zero-order valence-electron chi connectivity index (χ0n) is 18.8. The molecule has 0 saturated carbocycles. The van der Waals surface area contributed by atoms with Crippen molar-refractivity contribution in [3.63, 3.8) is 0 Å². The number of nitrogen functional groups attached to an aromatic ring is 1. The Morgan fingerprint density at radius 1 is 1.27 bits per heavy atom. The van der Waals surface area contributed by atoms with Crippen LogP contribution in [0.5, 0.6) is 5.75 Å². The van der Waals surface area contributed by atoms with Gasteiger partial charge in [-0.3, -0.25) is 4.79 Å². The van der Waals surface area contributed by atoms with Gasteiger partial charge in [-0.2, -0.15) is 5.10 Å². The van der Waals surface area contributed by atoms with Gasteiger partial charge in [0, 0.05) is 24.6 Å². The molecule has 4 heterocycles. The lowest BCUT2D eigenvalue weighted by molar-refractivity contribution is -0.127. The van der Waals surface area contributed by atoms with Crippen LogP contribution in [0.1, 0.15) is 30.9 Å². The Kier molecular flexibility index (Phi) is 5.16. The highest BCUT2D eigenvalue weighted by Crippen LogP contribution is 2.46. The molecule has 1 saturated heterocycles. The predicted molar refractivity (Wildman–Crippen MR) is 125 cm³/mol.